The van der Waals surface area contributed by atoms with Crippen molar-refractivity contribution >= 4 is 68.4 Å². The molecule has 310 valence electrons. The van der Waals surface area contributed by atoms with Crippen molar-refractivity contribution in [1.82, 2.24) is 30.4 Å². The molecule has 59 heavy (non-hydrogen) atoms. The Morgan fingerprint density at radius 3 is 2.25 bits per heavy atom. The van der Waals surface area contributed by atoms with Crippen LogP contribution in [0.25, 0.3) is 0 Å². The molecule has 5 aliphatic heterocycles. The number of carbonyl (C=O) groups excluding carboxylic acids is 6. The molecule has 4 saturated heterocycles. The molecule has 0 aliphatic carbocycles. The molecular weight excluding hydrogens is 781 g/mol. The highest BCUT2D eigenvalue weighted by Gasteiger charge is 2.45. The van der Waals surface area contributed by atoms with E-state index in [9.17, 15) is 37.2 Å². The minimum absolute atomic E-state index is 0.0613. The third kappa shape index (κ3) is 8.02. The van der Waals surface area contributed by atoms with E-state index in [1.165, 1.54) is 18.3 Å². The van der Waals surface area contributed by atoms with E-state index >= 15 is 0 Å². The second-order valence-electron chi connectivity index (χ2n) is 16.1. The second-order valence-corrected chi connectivity index (χ2v) is 18.1. The van der Waals surface area contributed by atoms with Gasteiger partial charge >= 0.3 is 6.03 Å². The van der Waals surface area contributed by atoms with Gasteiger partial charge in [0.25, 0.3) is 17.7 Å². The number of anilines is 4. The molecule has 8 rings (SSSR count). The highest BCUT2D eigenvalue weighted by atomic mass is 32.2. The number of hydrogen-bond acceptors (Lipinski definition) is 13. The van der Waals surface area contributed by atoms with Crippen LogP contribution in [0.15, 0.2) is 53.6 Å². The number of amides is 7. The van der Waals surface area contributed by atoms with Crippen LogP contribution in [0.5, 0.6) is 0 Å². The van der Waals surface area contributed by atoms with Gasteiger partial charge in [0.05, 0.1) is 22.2 Å². The summed E-state index contributed by atoms with van der Waals surface area (Å²) < 4.78 is 23.8. The van der Waals surface area contributed by atoms with Crippen LogP contribution in [-0.4, -0.2) is 121 Å². The van der Waals surface area contributed by atoms with Crippen molar-refractivity contribution in [3.05, 3.63) is 65.5 Å². The molecule has 0 radical (unpaired) electrons. The maximum absolute atomic E-state index is 13.5. The molecule has 1 unspecified atom stereocenters. The number of rotatable bonds is 8. The topological polar surface area (TPSA) is 237 Å². The molecule has 2 atom stereocenters. The van der Waals surface area contributed by atoms with E-state index in [1.54, 1.807) is 24.3 Å². The number of nitrogens with one attached hydrogen (secondary N) is 3. The average molecular weight is 827 g/mol. The van der Waals surface area contributed by atoms with Gasteiger partial charge in [-0.05, 0) is 92.8 Å². The summed E-state index contributed by atoms with van der Waals surface area (Å²) in [5, 5.41) is 8.49. The fourth-order valence-corrected chi connectivity index (χ4v) is 9.50. The Morgan fingerprint density at radius 1 is 0.881 bits per heavy atom. The van der Waals surface area contributed by atoms with Crippen molar-refractivity contribution < 1.29 is 37.2 Å². The highest BCUT2D eigenvalue weighted by Crippen LogP contribution is 2.43. The van der Waals surface area contributed by atoms with Crippen LogP contribution in [0.1, 0.15) is 82.6 Å². The van der Waals surface area contributed by atoms with Crippen LogP contribution in [0.3, 0.4) is 0 Å². The molecule has 7 amide bonds. The number of sulfone groups is 1. The van der Waals surface area contributed by atoms with Gasteiger partial charge in [-0.15, -0.1) is 0 Å². The molecule has 18 nitrogen and oxygen atoms in total. The van der Waals surface area contributed by atoms with Gasteiger partial charge < -0.3 is 31.1 Å². The van der Waals surface area contributed by atoms with Crippen molar-refractivity contribution in [3.8, 4) is 0 Å². The molecule has 5 aliphatic rings. The number of imide groups is 2. The summed E-state index contributed by atoms with van der Waals surface area (Å²) in [7, 11) is -3.38. The van der Waals surface area contributed by atoms with Crippen molar-refractivity contribution in [1.29, 1.82) is 0 Å². The van der Waals surface area contributed by atoms with Crippen molar-refractivity contribution in [2.24, 2.45) is 11.1 Å². The molecular formula is C40H46N10O8S. The monoisotopic (exact) mass is 826 g/mol. The van der Waals surface area contributed by atoms with E-state index in [0.29, 0.717) is 37.7 Å². The average Bonchev–Trinajstić information content (AvgIpc) is 3.46. The van der Waals surface area contributed by atoms with Gasteiger partial charge in [0.2, 0.25) is 11.8 Å². The summed E-state index contributed by atoms with van der Waals surface area (Å²) in [5.41, 5.74) is 7.49. The maximum atomic E-state index is 13.5. The Morgan fingerprint density at radius 2 is 1.58 bits per heavy atom. The summed E-state index contributed by atoms with van der Waals surface area (Å²) in [4.78, 5) is 92.6. The fourth-order valence-electron chi connectivity index (χ4n) is 8.87. The minimum Gasteiger partial charge on any atom is -0.371 e. The number of likely N-dealkylation sites (tertiary alicyclic amines) is 1. The number of piperidine rings is 4. The number of carbonyl (C=O) groups is 6. The third-order valence-corrected chi connectivity index (χ3v) is 13.5. The largest absolute Gasteiger partial charge is 0.371 e. The zero-order valence-corrected chi connectivity index (χ0v) is 33.4. The molecule has 1 aromatic heterocycles. The molecule has 5 N–H and O–H groups in total. The van der Waals surface area contributed by atoms with E-state index in [2.05, 4.69) is 30.8 Å². The van der Waals surface area contributed by atoms with Crippen LogP contribution in [0.2, 0.25) is 0 Å². The van der Waals surface area contributed by atoms with Crippen molar-refractivity contribution in [2.45, 2.75) is 68.3 Å². The first kappa shape index (κ1) is 39.7. The molecule has 6 heterocycles. The van der Waals surface area contributed by atoms with Crippen LogP contribution < -0.4 is 31.5 Å². The Kier molecular flexibility index (Phi) is 10.5. The van der Waals surface area contributed by atoms with E-state index < -0.39 is 45.4 Å². The van der Waals surface area contributed by atoms with Crippen LogP contribution in [0.4, 0.5) is 27.8 Å². The lowest BCUT2D eigenvalue weighted by atomic mass is 9.71. The normalized spacial score (nSPS) is 22.0. The standard InChI is InChI=1S/C40H46N10O8S/c1-59(57,58)27-7-4-24(5-8-27)43-35-33(34(41)52)42-22-31(45-35)49-16-2-3-25(23-49)44-39(56)48-19-14-40(15-20-48)12-17-47(18-13-40)26-6-9-28-29(21-26)38(55)50(37(28)54)30-10-11-32(51)46-36(30)53/h4-9,21-22,25,30H,2-3,10-20,23H2,1H3,(H2,41,52)(H,43,45)(H,44,56)(H,46,51,53)/t25-,30?/m1/s1. The molecule has 4 fully saturated rings. The van der Waals surface area contributed by atoms with Gasteiger partial charge in [0.15, 0.2) is 21.3 Å². The summed E-state index contributed by atoms with van der Waals surface area (Å²) >= 11 is 0. The number of aromatic nitrogens is 2. The number of fused-ring (bicyclic) bond motifs is 1. The Hall–Kier alpha value is -6.11. The summed E-state index contributed by atoms with van der Waals surface area (Å²) in [5.74, 6) is -2.22. The first-order valence-corrected chi connectivity index (χ1v) is 21.7. The molecule has 0 saturated carbocycles. The number of benzene rings is 2. The predicted molar refractivity (Wildman–Crippen MR) is 215 cm³/mol. The predicted octanol–water partition coefficient (Wildman–Crippen LogP) is 2.18. The summed E-state index contributed by atoms with van der Waals surface area (Å²) in [6, 6.07) is 10.0. The Balaban J connectivity index is 0.837. The number of urea groups is 1. The van der Waals surface area contributed by atoms with Crippen LogP contribution in [-0.2, 0) is 19.4 Å². The number of nitrogens with two attached hydrogens (primary N) is 1. The highest BCUT2D eigenvalue weighted by molar-refractivity contribution is 7.90. The van der Waals surface area contributed by atoms with Gasteiger partial charge in [0.1, 0.15) is 11.9 Å². The van der Waals surface area contributed by atoms with Gasteiger partial charge in [-0.25, -0.2) is 23.2 Å². The summed E-state index contributed by atoms with van der Waals surface area (Å²) in [6.45, 7) is 3.95. The zero-order chi connectivity index (χ0) is 41.6. The van der Waals surface area contributed by atoms with E-state index in [0.717, 1.165) is 68.5 Å². The molecule has 1 spiro atoms. The lowest BCUT2D eigenvalue weighted by molar-refractivity contribution is -0.136. The molecule has 3 aromatic rings. The molecule has 0 bridgehead atoms. The van der Waals surface area contributed by atoms with Crippen molar-refractivity contribution in [2.75, 3.05) is 60.6 Å². The molecule has 19 heteroatoms. The first-order valence-electron chi connectivity index (χ1n) is 19.8. The van der Waals surface area contributed by atoms with Gasteiger partial charge in [-0.1, -0.05) is 0 Å². The smallest absolute Gasteiger partial charge is 0.317 e. The first-order chi connectivity index (χ1) is 28.2. The summed E-state index contributed by atoms with van der Waals surface area (Å²) in [6.07, 6.45) is 7.96. The Bertz CT molecular complexity index is 2340. The third-order valence-electron chi connectivity index (χ3n) is 12.3. The second kappa shape index (κ2) is 15.6. The maximum Gasteiger partial charge on any atom is 0.317 e. The SMILES string of the molecule is CS(=O)(=O)c1ccc(Nc2nc(N3CCC[C@@H](NC(=O)N4CCC5(CC4)CCN(c4ccc6c(c4)C(=O)N(C4CCC(=O)NC4=O)C6=O)CC5)C3)cnc2C(N)=O)cc1. The van der Waals surface area contributed by atoms with Gasteiger partial charge in [-0.3, -0.25) is 34.2 Å². The lowest BCUT2D eigenvalue weighted by Gasteiger charge is -2.47. The van der Waals surface area contributed by atoms with Gasteiger partial charge in [-0.2, -0.15) is 0 Å². The number of hydrogen-bond donors (Lipinski definition) is 4. The minimum atomic E-state index is -3.38. The molecule has 2 aromatic carbocycles. The quantitative estimate of drug-likeness (QED) is 0.239. The van der Waals surface area contributed by atoms with Crippen molar-refractivity contribution in [3.63, 3.8) is 0 Å². The van der Waals surface area contributed by atoms with E-state index in [-0.39, 0.29) is 57.9 Å². The van der Waals surface area contributed by atoms with Crippen LogP contribution >= 0.6 is 0 Å². The number of nitrogens with zero attached hydrogens (tertiary/aromatic N) is 6. The number of primary amides is 1. The van der Waals surface area contributed by atoms with E-state index in [1.807, 2.05) is 15.9 Å². The van der Waals surface area contributed by atoms with E-state index in [4.69, 9.17) is 5.73 Å². The fraction of sp³-hybridized carbons (Fsp3) is 0.450. The Labute approximate surface area is 340 Å². The zero-order valence-electron chi connectivity index (χ0n) is 32.6. The van der Waals surface area contributed by atoms with Gasteiger partial charge in [0, 0.05) is 69.4 Å². The lowest BCUT2D eigenvalue weighted by Crippen LogP contribution is -2.55. The van der Waals surface area contributed by atoms with Crippen LogP contribution in [0, 0.1) is 5.41 Å².